The van der Waals surface area contributed by atoms with Crippen LogP contribution in [0.4, 0.5) is 5.82 Å². The lowest BCUT2D eigenvalue weighted by Crippen LogP contribution is -2.12. The van der Waals surface area contributed by atoms with Crippen LogP contribution >= 0.6 is 11.3 Å². The lowest BCUT2D eigenvalue weighted by Gasteiger charge is -2.11. The second-order valence-electron chi connectivity index (χ2n) is 7.25. The molecule has 3 aromatic heterocycles. The van der Waals surface area contributed by atoms with Crippen molar-refractivity contribution in [2.24, 2.45) is 0 Å². The smallest absolute Gasteiger partial charge is 0.229 e. The van der Waals surface area contributed by atoms with Crippen molar-refractivity contribution in [3.05, 3.63) is 41.3 Å². The van der Waals surface area contributed by atoms with Gasteiger partial charge in [-0.25, -0.2) is 13.4 Å². The first-order valence-corrected chi connectivity index (χ1v) is 11.4. The molecule has 1 N–H and O–H groups in total. The van der Waals surface area contributed by atoms with Gasteiger partial charge in [0.15, 0.2) is 5.65 Å². The lowest BCUT2D eigenvalue weighted by atomic mass is 10.0. The number of fused-ring (bicyclic) bond motifs is 3. The van der Waals surface area contributed by atoms with Gasteiger partial charge in [0.2, 0.25) is 14.9 Å². The standard InChI is InChI=1S/C19H21N5O2S2/c1-11(2)13-5-7-14(8-6-13)28(25,26)19-18-21-17(20-12(3)4)16-15(9-10-27-16)24(18)23-22-19/h5-12H,1-4H3,(H,20,21). The van der Waals surface area contributed by atoms with E-state index >= 15 is 0 Å². The van der Waals surface area contributed by atoms with E-state index in [1.165, 1.54) is 15.9 Å². The van der Waals surface area contributed by atoms with Crippen molar-refractivity contribution in [2.75, 3.05) is 5.32 Å². The van der Waals surface area contributed by atoms with Crippen molar-refractivity contribution in [2.45, 2.75) is 49.6 Å². The Kier molecular flexibility index (Phi) is 4.59. The van der Waals surface area contributed by atoms with Crippen LogP contribution in [0.25, 0.3) is 15.9 Å². The van der Waals surface area contributed by atoms with Crippen LogP contribution in [0.1, 0.15) is 39.2 Å². The predicted octanol–water partition coefficient (Wildman–Crippen LogP) is 4.12. The highest BCUT2D eigenvalue weighted by Crippen LogP contribution is 2.31. The van der Waals surface area contributed by atoms with Crippen molar-refractivity contribution in [3.63, 3.8) is 0 Å². The molecule has 0 saturated heterocycles. The molecule has 0 aliphatic rings. The number of hydrogen-bond donors (Lipinski definition) is 1. The summed E-state index contributed by atoms with van der Waals surface area (Å²) in [4.78, 5) is 4.76. The molecule has 0 saturated carbocycles. The number of aromatic nitrogens is 4. The van der Waals surface area contributed by atoms with Crippen LogP contribution in [-0.4, -0.2) is 34.3 Å². The van der Waals surface area contributed by atoms with Crippen LogP contribution in [-0.2, 0) is 9.84 Å². The van der Waals surface area contributed by atoms with Crippen molar-refractivity contribution < 1.29 is 8.42 Å². The molecule has 0 aliphatic heterocycles. The predicted molar refractivity (Wildman–Crippen MR) is 111 cm³/mol. The monoisotopic (exact) mass is 415 g/mol. The highest BCUT2D eigenvalue weighted by atomic mass is 32.2. The number of nitrogens with one attached hydrogen (secondary N) is 1. The van der Waals surface area contributed by atoms with Crippen LogP contribution in [0.5, 0.6) is 0 Å². The van der Waals surface area contributed by atoms with Crippen LogP contribution in [0, 0.1) is 0 Å². The Hall–Kier alpha value is -2.52. The third-order valence-electron chi connectivity index (χ3n) is 4.46. The van der Waals surface area contributed by atoms with Crippen LogP contribution < -0.4 is 5.32 Å². The third-order valence-corrected chi connectivity index (χ3v) is 7.04. The molecule has 7 nitrogen and oxygen atoms in total. The van der Waals surface area contributed by atoms with E-state index in [0.717, 1.165) is 15.8 Å². The van der Waals surface area contributed by atoms with Gasteiger partial charge in [-0.05, 0) is 48.9 Å². The minimum absolute atomic E-state index is 0.135. The van der Waals surface area contributed by atoms with Crippen molar-refractivity contribution in [3.8, 4) is 0 Å². The fourth-order valence-electron chi connectivity index (χ4n) is 3.01. The first-order valence-electron chi connectivity index (χ1n) is 9.03. The van der Waals surface area contributed by atoms with E-state index in [0.29, 0.717) is 11.7 Å². The molecule has 1 aromatic carbocycles. The molecule has 0 amide bonds. The average Bonchev–Trinajstić information content (AvgIpc) is 3.28. The first kappa shape index (κ1) is 18.8. The van der Waals surface area contributed by atoms with Gasteiger partial charge in [-0.3, -0.25) is 0 Å². The largest absolute Gasteiger partial charge is 0.367 e. The summed E-state index contributed by atoms with van der Waals surface area (Å²) in [5, 5.41) is 13.2. The van der Waals surface area contributed by atoms with E-state index in [2.05, 4.69) is 34.5 Å². The molecule has 9 heteroatoms. The fraction of sp³-hybridized carbons (Fsp3) is 0.316. The lowest BCUT2D eigenvalue weighted by molar-refractivity contribution is 0.592. The van der Waals surface area contributed by atoms with Gasteiger partial charge in [0.05, 0.1) is 15.1 Å². The summed E-state index contributed by atoms with van der Waals surface area (Å²) in [6, 6.07) is 8.94. The highest BCUT2D eigenvalue weighted by molar-refractivity contribution is 7.91. The number of hydrogen-bond acceptors (Lipinski definition) is 7. The summed E-state index contributed by atoms with van der Waals surface area (Å²) in [6.45, 7) is 8.15. The molecule has 0 radical (unpaired) electrons. The molecule has 3 heterocycles. The van der Waals surface area contributed by atoms with Gasteiger partial charge in [0, 0.05) is 6.04 Å². The average molecular weight is 416 g/mol. The van der Waals surface area contributed by atoms with Gasteiger partial charge in [-0.15, -0.1) is 16.4 Å². The Morgan fingerprint density at radius 1 is 1.07 bits per heavy atom. The van der Waals surface area contributed by atoms with Gasteiger partial charge in [0.1, 0.15) is 5.82 Å². The molecule has 0 atom stereocenters. The van der Waals surface area contributed by atoms with Crippen LogP contribution in [0.2, 0.25) is 0 Å². The Balaban J connectivity index is 1.91. The van der Waals surface area contributed by atoms with E-state index in [1.807, 2.05) is 37.4 Å². The maximum Gasteiger partial charge on any atom is 0.229 e. The second kappa shape index (κ2) is 6.82. The maximum atomic E-state index is 13.2. The summed E-state index contributed by atoms with van der Waals surface area (Å²) in [7, 11) is -3.84. The number of thiophene rings is 1. The summed E-state index contributed by atoms with van der Waals surface area (Å²) in [5.74, 6) is 0.964. The van der Waals surface area contributed by atoms with E-state index < -0.39 is 9.84 Å². The van der Waals surface area contributed by atoms with Gasteiger partial charge in [-0.1, -0.05) is 31.2 Å². The minimum Gasteiger partial charge on any atom is -0.367 e. The normalized spacial score (nSPS) is 12.5. The number of benzene rings is 1. The Morgan fingerprint density at radius 3 is 2.43 bits per heavy atom. The van der Waals surface area contributed by atoms with E-state index in [-0.39, 0.29) is 21.6 Å². The minimum atomic E-state index is -3.84. The molecule has 0 spiro atoms. The van der Waals surface area contributed by atoms with Crippen LogP contribution in [0.15, 0.2) is 45.6 Å². The van der Waals surface area contributed by atoms with Gasteiger partial charge in [-0.2, -0.15) is 4.52 Å². The van der Waals surface area contributed by atoms with E-state index in [9.17, 15) is 8.42 Å². The molecule has 0 unspecified atom stereocenters. The number of anilines is 1. The van der Waals surface area contributed by atoms with Gasteiger partial charge < -0.3 is 5.32 Å². The molecule has 0 aliphatic carbocycles. The topological polar surface area (TPSA) is 89.2 Å². The van der Waals surface area contributed by atoms with Gasteiger partial charge >= 0.3 is 0 Å². The molecule has 0 bridgehead atoms. The molecular weight excluding hydrogens is 394 g/mol. The van der Waals surface area contributed by atoms with Crippen molar-refractivity contribution in [1.82, 2.24) is 19.8 Å². The molecule has 0 fully saturated rings. The number of sulfone groups is 1. The highest BCUT2D eigenvalue weighted by Gasteiger charge is 2.27. The maximum absolute atomic E-state index is 13.2. The molecular formula is C19H21N5O2S2. The number of nitrogens with zero attached hydrogens (tertiary/aromatic N) is 4. The van der Waals surface area contributed by atoms with E-state index in [4.69, 9.17) is 0 Å². The SMILES string of the molecule is CC(C)Nc1nc2c(S(=O)(=O)c3ccc(C(C)C)cc3)nnn2c2ccsc12. The third kappa shape index (κ3) is 3.04. The zero-order valence-electron chi connectivity index (χ0n) is 16.0. The number of rotatable bonds is 5. The molecule has 4 rings (SSSR count). The molecule has 4 aromatic rings. The van der Waals surface area contributed by atoms with Gasteiger partial charge in [0.25, 0.3) is 0 Å². The van der Waals surface area contributed by atoms with Crippen molar-refractivity contribution in [1.29, 1.82) is 0 Å². The summed E-state index contributed by atoms with van der Waals surface area (Å²) >= 11 is 1.53. The van der Waals surface area contributed by atoms with E-state index in [1.54, 1.807) is 12.1 Å². The Bertz CT molecular complexity index is 1250. The zero-order chi connectivity index (χ0) is 20.1. The molecule has 28 heavy (non-hydrogen) atoms. The first-order chi connectivity index (χ1) is 13.3. The summed E-state index contributed by atoms with van der Waals surface area (Å²) in [6.07, 6.45) is 0. The fourth-order valence-corrected chi connectivity index (χ4v) is 5.07. The second-order valence-corrected chi connectivity index (χ2v) is 10.0. The molecule has 146 valence electrons. The van der Waals surface area contributed by atoms with Crippen LogP contribution in [0.3, 0.4) is 0 Å². The summed E-state index contributed by atoms with van der Waals surface area (Å²) < 4.78 is 28.9. The summed E-state index contributed by atoms with van der Waals surface area (Å²) in [5.41, 5.74) is 2.08. The Labute approximate surface area is 167 Å². The van der Waals surface area contributed by atoms with Crippen molar-refractivity contribution >= 4 is 42.9 Å². The zero-order valence-corrected chi connectivity index (χ0v) is 17.7. The Morgan fingerprint density at radius 2 is 1.79 bits per heavy atom. The quantitative estimate of drug-likeness (QED) is 0.527.